The summed E-state index contributed by atoms with van der Waals surface area (Å²) in [6.45, 7) is -0.678. The lowest BCUT2D eigenvalue weighted by Gasteiger charge is -2.25. The molecule has 258 valence electrons. The van der Waals surface area contributed by atoms with Gasteiger partial charge in [0.25, 0.3) is 15.9 Å². The number of benzene rings is 4. The first-order chi connectivity index (χ1) is 22.3. The van der Waals surface area contributed by atoms with E-state index in [2.05, 4.69) is 15.3 Å². The smallest absolute Gasteiger partial charge is 0.449 e. The summed E-state index contributed by atoms with van der Waals surface area (Å²) >= 11 is 0. The van der Waals surface area contributed by atoms with E-state index < -0.39 is 38.7 Å². The highest BCUT2D eigenvalue weighted by atomic mass is 35.5. The fourth-order valence-electron chi connectivity index (χ4n) is 4.78. The molecule has 0 atom stereocenters. The number of fused-ring (bicyclic) bond motifs is 2. The van der Waals surface area contributed by atoms with E-state index in [0.29, 0.717) is 11.1 Å². The number of hydrogen-bond donors (Lipinski definition) is 4. The molecule has 0 saturated heterocycles. The number of amides is 1. The van der Waals surface area contributed by atoms with Crippen LogP contribution in [-0.2, 0) is 31.4 Å². The number of guanidine groups is 1. The number of aromatic nitrogens is 1. The predicted octanol–water partition coefficient (Wildman–Crippen LogP) is 3.24. The normalized spacial score (nSPS) is 11.6. The van der Waals surface area contributed by atoms with Gasteiger partial charge in [-0.1, -0.05) is 48.5 Å². The molecular formula is C31H31ClN6O9S2. The molecule has 15 nitrogen and oxygen atoms in total. The number of halogens is 1. The SMILES string of the molecule is CS(=O)(=O)NC(=O)CN(c1ccc2c(OC(=O)O)ccc(NC(N)=NCc3ccccc3)c2c1)S(=O)(=O)c1cccc2cccnc12.Cl.O. The molecule has 0 radical (unpaired) electrons. The maximum Gasteiger partial charge on any atom is 0.511 e. The van der Waals surface area contributed by atoms with Crippen molar-refractivity contribution in [3.05, 3.63) is 103 Å². The molecule has 0 aliphatic rings. The summed E-state index contributed by atoms with van der Waals surface area (Å²) in [5.41, 5.74) is 7.44. The Labute approximate surface area is 287 Å². The topological polar surface area (TPSA) is 242 Å². The van der Waals surface area contributed by atoms with Crippen molar-refractivity contribution in [3.8, 4) is 5.75 Å². The van der Waals surface area contributed by atoms with Gasteiger partial charge in [-0.3, -0.25) is 18.8 Å². The highest BCUT2D eigenvalue weighted by molar-refractivity contribution is 7.93. The summed E-state index contributed by atoms with van der Waals surface area (Å²) in [5, 5.41) is 13.3. The zero-order valence-electron chi connectivity index (χ0n) is 25.6. The van der Waals surface area contributed by atoms with Crippen LogP contribution < -0.4 is 24.8 Å². The molecule has 18 heteroatoms. The number of carbonyl (C=O) groups is 2. The Morgan fingerprint density at radius 3 is 2.35 bits per heavy atom. The quantitative estimate of drug-likeness (QED) is 0.0703. The van der Waals surface area contributed by atoms with Gasteiger partial charge in [0.1, 0.15) is 17.2 Å². The molecule has 0 saturated carbocycles. The second kappa shape index (κ2) is 15.6. The van der Waals surface area contributed by atoms with Crippen molar-refractivity contribution >= 4 is 83.5 Å². The van der Waals surface area contributed by atoms with Gasteiger partial charge in [0.2, 0.25) is 10.0 Å². The second-order valence-corrected chi connectivity index (χ2v) is 13.7. The summed E-state index contributed by atoms with van der Waals surface area (Å²) in [7, 11) is -8.62. The van der Waals surface area contributed by atoms with Gasteiger partial charge in [0, 0.05) is 28.0 Å². The van der Waals surface area contributed by atoms with Crippen molar-refractivity contribution < 1.29 is 41.7 Å². The molecule has 1 heterocycles. The van der Waals surface area contributed by atoms with Crippen LogP contribution in [0.1, 0.15) is 5.56 Å². The Balaban J connectivity index is 0.00000325. The van der Waals surface area contributed by atoms with Crippen LogP contribution >= 0.6 is 12.4 Å². The monoisotopic (exact) mass is 730 g/mol. The number of ether oxygens (including phenoxy) is 1. The molecule has 0 bridgehead atoms. The number of nitrogens with one attached hydrogen (secondary N) is 2. The maximum absolute atomic E-state index is 14.3. The van der Waals surface area contributed by atoms with Gasteiger partial charge in [0.05, 0.1) is 24.0 Å². The van der Waals surface area contributed by atoms with Crippen molar-refractivity contribution in [3.63, 3.8) is 0 Å². The van der Waals surface area contributed by atoms with E-state index >= 15 is 0 Å². The molecule has 4 aromatic carbocycles. The summed E-state index contributed by atoms with van der Waals surface area (Å²) in [4.78, 5) is 32.7. The largest absolute Gasteiger partial charge is 0.511 e. The average Bonchev–Trinajstić information content (AvgIpc) is 3.02. The summed E-state index contributed by atoms with van der Waals surface area (Å²) in [5.74, 6) is -1.18. The Kier molecular flexibility index (Phi) is 12.1. The van der Waals surface area contributed by atoms with Crippen LogP contribution in [-0.4, -0.2) is 63.2 Å². The van der Waals surface area contributed by atoms with Crippen LogP contribution in [0.4, 0.5) is 16.2 Å². The molecule has 1 amide bonds. The average molecular weight is 731 g/mol. The van der Waals surface area contributed by atoms with E-state index in [9.17, 15) is 31.5 Å². The van der Waals surface area contributed by atoms with Crippen molar-refractivity contribution in [2.75, 3.05) is 22.4 Å². The zero-order chi connectivity index (χ0) is 33.8. The van der Waals surface area contributed by atoms with Gasteiger partial charge in [-0.15, -0.1) is 12.4 Å². The molecule has 0 spiro atoms. The minimum Gasteiger partial charge on any atom is -0.449 e. The first kappa shape index (κ1) is 38.0. The molecule has 0 aliphatic carbocycles. The van der Waals surface area contributed by atoms with Crippen molar-refractivity contribution in [1.82, 2.24) is 9.71 Å². The first-order valence-corrected chi connectivity index (χ1v) is 17.1. The van der Waals surface area contributed by atoms with Crippen molar-refractivity contribution in [2.45, 2.75) is 11.4 Å². The Hall–Kier alpha value is -5.49. The fourth-order valence-corrected chi connectivity index (χ4v) is 6.84. The molecule has 0 aliphatic heterocycles. The number of para-hydroxylation sites is 1. The number of hydrogen-bond acceptors (Lipinski definition) is 9. The van der Waals surface area contributed by atoms with Crippen LogP contribution in [0.15, 0.2) is 107 Å². The molecule has 7 N–H and O–H groups in total. The van der Waals surface area contributed by atoms with Crippen LogP contribution in [0.2, 0.25) is 0 Å². The third-order valence-electron chi connectivity index (χ3n) is 6.73. The van der Waals surface area contributed by atoms with Crippen LogP contribution in [0.25, 0.3) is 21.7 Å². The maximum atomic E-state index is 14.3. The van der Waals surface area contributed by atoms with Crippen LogP contribution in [0, 0.1) is 0 Å². The van der Waals surface area contributed by atoms with E-state index in [0.717, 1.165) is 16.1 Å². The van der Waals surface area contributed by atoms with Gasteiger partial charge >= 0.3 is 6.16 Å². The zero-order valence-corrected chi connectivity index (χ0v) is 28.0. The predicted molar refractivity (Wildman–Crippen MR) is 188 cm³/mol. The minimum absolute atomic E-state index is 0. The van der Waals surface area contributed by atoms with Crippen molar-refractivity contribution in [2.24, 2.45) is 10.7 Å². The molecule has 0 unspecified atom stereocenters. The number of sulfonamides is 2. The van der Waals surface area contributed by atoms with Gasteiger partial charge in [-0.25, -0.2) is 26.6 Å². The number of anilines is 2. The van der Waals surface area contributed by atoms with E-state index in [1.54, 1.807) is 22.9 Å². The number of pyridine rings is 1. The Morgan fingerprint density at radius 1 is 0.939 bits per heavy atom. The molecule has 5 aromatic rings. The molecule has 0 fully saturated rings. The fraction of sp³-hybridized carbons (Fsp3) is 0.0968. The summed E-state index contributed by atoms with van der Waals surface area (Å²) in [6.07, 6.45) is 0.606. The number of aliphatic imine (C=N–C) groups is 1. The van der Waals surface area contributed by atoms with Gasteiger partial charge in [0.15, 0.2) is 5.96 Å². The van der Waals surface area contributed by atoms with E-state index in [-0.39, 0.29) is 63.0 Å². The minimum atomic E-state index is -4.58. The highest BCUT2D eigenvalue weighted by Crippen LogP contribution is 2.37. The van der Waals surface area contributed by atoms with E-state index in [1.807, 2.05) is 30.3 Å². The third-order valence-corrected chi connectivity index (χ3v) is 9.14. The van der Waals surface area contributed by atoms with Crippen molar-refractivity contribution in [1.29, 1.82) is 0 Å². The molecular weight excluding hydrogens is 700 g/mol. The lowest BCUT2D eigenvalue weighted by Crippen LogP contribution is -2.42. The standard InChI is InChI=1S/C31H28N6O8S2.ClH.H2O/c1-46(41,42)36-28(38)19-37(47(43,44)27-11-5-9-21-10-6-16-33-29(21)27)22-12-13-23-24(17-22)25(14-15-26(23)45-31(39)40)35-30(32)34-18-20-7-3-2-4-8-20;;/h2-17H,18-19H2,1H3,(H,36,38)(H,39,40)(H3,32,34,35);1H;1H2. The lowest BCUT2D eigenvalue weighted by molar-refractivity contribution is -0.117. The lowest BCUT2D eigenvalue weighted by atomic mass is 10.1. The van der Waals surface area contributed by atoms with Gasteiger partial charge in [-0.05, 0) is 48.0 Å². The molecule has 1 aromatic heterocycles. The highest BCUT2D eigenvalue weighted by Gasteiger charge is 2.30. The number of nitrogens with two attached hydrogens (primary N) is 1. The third kappa shape index (κ3) is 9.11. The second-order valence-electron chi connectivity index (χ2n) is 10.2. The summed E-state index contributed by atoms with van der Waals surface area (Å²) in [6, 6.07) is 24.1. The number of carboxylic acid groups (broad SMARTS) is 1. The number of nitrogens with zero attached hydrogens (tertiary/aromatic N) is 3. The van der Waals surface area contributed by atoms with Gasteiger partial charge in [-0.2, -0.15) is 0 Å². The van der Waals surface area contributed by atoms with E-state index in [4.69, 9.17) is 10.5 Å². The van der Waals surface area contributed by atoms with Crippen LogP contribution in [0.5, 0.6) is 5.75 Å². The molecule has 5 rings (SSSR count). The van der Waals surface area contributed by atoms with E-state index in [1.165, 1.54) is 48.7 Å². The van der Waals surface area contributed by atoms with Gasteiger partial charge < -0.3 is 26.4 Å². The number of rotatable bonds is 10. The molecule has 49 heavy (non-hydrogen) atoms. The Morgan fingerprint density at radius 2 is 1.65 bits per heavy atom. The summed E-state index contributed by atoms with van der Waals surface area (Å²) < 4.78 is 59.7. The van der Waals surface area contributed by atoms with Crippen LogP contribution in [0.3, 0.4) is 0 Å². The number of carbonyl (C=O) groups excluding carboxylic acids is 1. The Bertz CT molecular complexity index is 2250. The first-order valence-electron chi connectivity index (χ1n) is 13.8.